The van der Waals surface area contributed by atoms with Gasteiger partial charge in [0.05, 0.1) is 11.9 Å². The molecule has 1 aromatic rings. The van der Waals surface area contributed by atoms with Crippen LogP contribution in [0.5, 0.6) is 0 Å². The Morgan fingerprint density at radius 3 is 2.79 bits per heavy atom. The van der Waals surface area contributed by atoms with Gasteiger partial charge in [0.2, 0.25) is 0 Å². The monoisotopic (exact) mass is 286 g/mol. The third kappa shape index (κ3) is 6.93. The topological polar surface area (TPSA) is 90.1 Å². The number of nitrogens with two attached hydrogens (primary N) is 1. The van der Waals surface area contributed by atoms with Gasteiger partial charge in [-0.15, -0.1) is 0 Å². The minimum atomic E-state index is -0.521. The van der Waals surface area contributed by atoms with Gasteiger partial charge in [0.1, 0.15) is 10.8 Å². The Labute approximate surface area is 117 Å². The quantitative estimate of drug-likeness (QED) is 0.876. The van der Waals surface area contributed by atoms with Crippen molar-refractivity contribution in [1.29, 1.82) is 0 Å². The van der Waals surface area contributed by atoms with Crippen molar-refractivity contribution in [2.75, 3.05) is 6.54 Å². The minimum Gasteiger partial charge on any atom is -0.444 e. The van der Waals surface area contributed by atoms with Gasteiger partial charge in [-0.25, -0.2) is 9.78 Å². The van der Waals surface area contributed by atoms with Gasteiger partial charge in [-0.3, -0.25) is 4.98 Å². The second-order valence-corrected chi connectivity index (χ2v) is 5.57. The molecular weight excluding hydrogens is 268 g/mol. The van der Waals surface area contributed by atoms with Crippen LogP contribution in [0.25, 0.3) is 0 Å². The van der Waals surface area contributed by atoms with E-state index in [1.165, 1.54) is 6.20 Å². The lowest BCUT2D eigenvalue weighted by atomic mass is 10.2. The highest BCUT2D eigenvalue weighted by Crippen LogP contribution is 2.07. The molecule has 1 rings (SSSR count). The Balaban J connectivity index is 2.36. The zero-order valence-electron chi connectivity index (χ0n) is 11.3. The van der Waals surface area contributed by atoms with E-state index in [1.807, 2.05) is 0 Å². The van der Waals surface area contributed by atoms with Crippen molar-refractivity contribution >= 4 is 17.7 Å². The molecule has 3 N–H and O–H groups in total. The molecule has 0 aromatic carbocycles. The van der Waals surface area contributed by atoms with Gasteiger partial charge in [-0.05, 0) is 20.8 Å². The van der Waals surface area contributed by atoms with E-state index < -0.39 is 11.7 Å². The molecule has 0 radical (unpaired) electrons. The number of rotatable bonds is 4. The summed E-state index contributed by atoms with van der Waals surface area (Å²) in [7, 11) is 0. The van der Waals surface area contributed by atoms with Crippen LogP contribution in [0.2, 0.25) is 5.15 Å². The van der Waals surface area contributed by atoms with Crippen LogP contribution in [0.4, 0.5) is 4.79 Å². The first kappa shape index (κ1) is 15.7. The molecule has 0 aliphatic heterocycles. The largest absolute Gasteiger partial charge is 0.444 e. The highest BCUT2D eigenvalue weighted by molar-refractivity contribution is 6.29. The lowest BCUT2D eigenvalue weighted by Gasteiger charge is -2.20. The molecule has 0 bridgehead atoms. The molecule has 1 heterocycles. The molecule has 0 saturated heterocycles. The fourth-order valence-electron chi connectivity index (χ4n) is 1.35. The Bertz CT molecular complexity index is 434. The Morgan fingerprint density at radius 2 is 2.21 bits per heavy atom. The molecule has 1 amide bonds. The predicted molar refractivity (Wildman–Crippen MR) is 73.0 cm³/mol. The fraction of sp³-hybridized carbons (Fsp3) is 0.583. The van der Waals surface area contributed by atoms with Crippen LogP contribution in [0.1, 0.15) is 26.5 Å². The third-order valence-electron chi connectivity index (χ3n) is 2.03. The zero-order valence-corrected chi connectivity index (χ0v) is 12.1. The summed E-state index contributed by atoms with van der Waals surface area (Å²) >= 11 is 5.72. The summed E-state index contributed by atoms with van der Waals surface area (Å²) in [6, 6.07) is -0.278. The van der Waals surface area contributed by atoms with Crippen LogP contribution in [0, 0.1) is 0 Å². The number of halogens is 1. The van der Waals surface area contributed by atoms with Crippen LogP contribution in [0.15, 0.2) is 12.4 Å². The molecule has 0 fully saturated rings. The standard InChI is InChI=1S/C12H19ClN4O2/c1-12(2,3)19-11(18)16-5-8(14)4-9-6-15-7-10(13)17-9/h6-8H,4-5,14H2,1-3H3,(H,16,18). The van der Waals surface area contributed by atoms with E-state index >= 15 is 0 Å². The number of alkyl carbamates (subject to hydrolysis) is 1. The summed E-state index contributed by atoms with van der Waals surface area (Å²) in [5.74, 6) is 0. The van der Waals surface area contributed by atoms with Crippen LogP contribution >= 0.6 is 11.6 Å². The number of hydrogen-bond donors (Lipinski definition) is 2. The third-order valence-corrected chi connectivity index (χ3v) is 2.22. The maximum atomic E-state index is 11.4. The number of aromatic nitrogens is 2. The number of carbonyl (C=O) groups is 1. The van der Waals surface area contributed by atoms with Crippen molar-refractivity contribution in [3.63, 3.8) is 0 Å². The van der Waals surface area contributed by atoms with Crippen LogP contribution < -0.4 is 11.1 Å². The molecule has 19 heavy (non-hydrogen) atoms. The minimum absolute atomic E-state index is 0.278. The molecule has 106 valence electrons. The molecule has 1 aromatic heterocycles. The van der Waals surface area contributed by atoms with Crippen molar-refractivity contribution < 1.29 is 9.53 Å². The van der Waals surface area contributed by atoms with E-state index in [0.29, 0.717) is 23.8 Å². The van der Waals surface area contributed by atoms with Gasteiger partial charge in [0, 0.05) is 25.2 Å². The van der Waals surface area contributed by atoms with Crippen molar-refractivity contribution in [3.8, 4) is 0 Å². The number of nitrogens with zero attached hydrogens (tertiary/aromatic N) is 2. The molecule has 0 spiro atoms. The fourth-order valence-corrected chi connectivity index (χ4v) is 1.51. The van der Waals surface area contributed by atoms with Gasteiger partial charge in [0.25, 0.3) is 0 Å². The molecule has 1 unspecified atom stereocenters. The average Bonchev–Trinajstić information content (AvgIpc) is 2.24. The molecular formula is C12H19ClN4O2. The molecule has 0 aliphatic carbocycles. The summed E-state index contributed by atoms with van der Waals surface area (Å²) in [5, 5.41) is 2.93. The normalized spacial score (nSPS) is 12.9. The summed E-state index contributed by atoms with van der Waals surface area (Å²) in [4.78, 5) is 19.4. The maximum Gasteiger partial charge on any atom is 0.407 e. The first-order valence-corrected chi connectivity index (χ1v) is 6.33. The highest BCUT2D eigenvalue weighted by Gasteiger charge is 2.16. The number of ether oxygens (including phenoxy) is 1. The first-order chi connectivity index (χ1) is 8.76. The second kappa shape index (κ2) is 6.68. The van der Waals surface area contributed by atoms with E-state index in [0.717, 1.165) is 0 Å². The van der Waals surface area contributed by atoms with Crippen molar-refractivity contribution in [2.24, 2.45) is 5.73 Å². The van der Waals surface area contributed by atoms with E-state index in [9.17, 15) is 4.79 Å². The summed E-state index contributed by atoms with van der Waals surface area (Å²) in [6.07, 6.45) is 3.04. The molecule has 7 heteroatoms. The van der Waals surface area contributed by atoms with Gasteiger partial charge in [-0.1, -0.05) is 11.6 Å². The lowest BCUT2D eigenvalue weighted by Crippen LogP contribution is -2.41. The summed E-state index contributed by atoms with van der Waals surface area (Å²) in [6.45, 7) is 5.69. The van der Waals surface area contributed by atoms with E-state index in [1.54, 1.807) is 27.0 Å². The van der Waals surface area contributed by atoms with Gasteiger partial charge in [0.15, 0.2) is 0 Å². The molecule has 6 nitrogen and oxygen atoms in total. The van der Waals surface area contributed by atoms with E-state index in [2.05, 4.69) is 15.3 Å². The Morgan fingerprint density at radius 1 is 1.53 bits per heavy atom. The van der Waals surface area contributed by atoms with Crippen LogP contribution in [0.3, 0.4) is 0 Å². The van der Waals surface area contributed by atoms with Gasteiger partial charge < -0.3 is 15.8 Å². The number of amides is 1. The first-order valence-electron chi connectivity index (χ1n) is 5.95. The van der Waals surface area contributed by atoms with E-state index in [-0.39, 0.29) is 6.04 Å². The number of nitrogens with one attached hydrogen (secondary N) is 1. The Hall–Kier alpha value is -1.40. The summed E-state index contributed by atoms with van der Waals surface area (Å²) < 4.78 is 5.10. The lowest BCUT2D eigenvalue weighted by molar-refractivity contribution is 0.0524. The van der Waals surface area contributed by atoms with Crippen molar-refractivity contribution in [1.82, 2.24) is 15.3 Å². The molecule has 0 saturated carbocycles. The van der Waals surface area contributed by atoms with Crippen LogP contribution in [-0.2, 0) is 11.2 Å². The average molecular weight is 287 g/mol. The smallest absolute Gasteiger partial charge is 0.407 e. The predicted octanol–water partition coefficient (Wildman–Crippen LogP) is 1.52. The molecule has 1 atom stereocenters. The number of hydrogen-bond acceptors (Lipinski definition) is 5. The zero-order chi connectivity index (χ0) is 14.5. The molecule has 0 aliphatic rings. The Kier molecular flexibility index (Phi) is 5.50. The second-order valence-electron chi connectivity index (χ2n) is 5.18. The van der Waals surface area contributed by atoms with Gasteiger partial charge >= 0.3 is 6.09 Å². The van der Waals surface area contributed by atoms with E-state index in [4.69, 9.17) is 22.1 Å². The van der Waals surface area contributed by atoms with Crippen molar-refractivity contribution in [3.05, 3.63) is 23.2 Å². The van der Waals surface area contributed by atoms with Crippen LogP contribution in [-0.4, -0.2) is 34.2 Å². The van der Waals surface area contributed by atoms with Gasteiger partial charge in [-0.2, -0.15) is 0 Å². The number of carbonyl (C=O) groups excluding carboxylic acids is 1. The van der Waals surface area contributed by atoms with Crippen molar-refractivity contribution in [2.45, 2.75) is 38.8 Å². The highest BCUT2D eigenvalue weighted by atomic mass is 35.5. The summed E-state index contributed by atoms with van der Waals surface area (Å²) in [5.41, 5.74) is 6.05. The SMILES string of the molecule is CC(C)(C)OC(=O)NCC(N)Cc1cncc(Cl)n1. The maximum absolute atomic E-state index is 11.4.